The maximum atomic E-state index is 5.85. The van der Waals surface area contributed by atoms with Crippen molar-refractivity contribution < 1.29 is 4.74 Å². The van der Waals surface area contributed by atoms with Crippen LogP contribution in [0.25, 0.3) is 0 Å². The Morgan fingerprint density at radius 3 is 3.10 bits per heavy atom. The van der Waals surface area contributed by atoms with Gasteiger partial charge in [0.05, 0.1) is 7.11 Å². The van der Waals surface area contributed by atoms with Crippen LogP contribution in [0, 0.1) is 0 Å². The average molecular weight is 274 g/mol. The van der Waals surface area contributed by atoms with Crippen LogP contribution in [0.5, 0.6) is 5.75 Å². The molecule has 0 saturated carbocycles. The number of nitrogens with two attached hydrogens (primary N) is 1. The summed E-state index contributed by atoms with van der Waals surface area (Å²) in [6, 6.07) is 7.47. The Morgan fingerprint density at radius 2 is 2.35 bits per heavy atom. The van der Waals surface area contributed by atoms with Crippen molar-refractivity contribution in [1.29, 1.82) is 0 Å². The molecule has 0 bridgehead atoms. The normalized spacial score (nSPS) is 11.4. The molecular formula is C13H18N6O. The lowest BCUT2D eigenvalue weighted by Gasteiger charge is -2.07. The summed E-state index contributed by atoms with van der Waals surface area (Å²) in [6.45, 7) is 3.14. The lowest BCUT2D eigenvalue weighted by Crippen LogP contribution is -2.22. The fourth-order valence-electron chi connectivity index (χ4n) is 1.72. The number of nitrogens with zero attached hydrogens (tertiary/aromatic N) is 4. The minimum Gasteiger partial charge on any atom is -0.497 e. The van der Waals surface area contributed by atoms with E-state index in [2.05, 4.69) is 20.4 Å². The molecule has 0 aliphatic carbocycles. The van der Waals surface area contributed by atoms with Crippen LogP contribution in [-0.2, 0) is 13.1 Å². The number of methoxy groups -OCH3 is 1. The summed E-state index contributed by atoms with van der Waals surface area (Å²) >= 11 is 0. The molecule has 0 saturated heterocycles. The topological polar surface area (TPSA) is 90.4 Å². The van der Waals surface area contributed by atoms with E-state index in [1.54, 1.807) is 11.8 Å². The van der Waals surface area contributed by atoms with Gasteiger partial charge in [-0.25, -0.2) is 14.7 Å². The van der Waals surface area contributed by atoms with E-state index in [0.29, 0.717) is 12.5 Å². The molecule has 0 atom stereocenters. The number of hydrogen-bond acceptors (Lipinski definition) is 4. The third-order valence-electron chi connectivity index (χ3n) is 2.73. The van der Waals surface area contributed by atoms with Crippen LogP contribution >= 0.6 is 0 Å². The van der Waals surface area contributed by atoms with E-state index in [9.17, 15) is 0 Å². The predicted molar refractivity (Wildman–Crippen MR) is 77.6 cm³/mol. The molecular weight excluding hydrogens is 256 g/mol. The zero-order valence-corrected chi connectivity index (χ0v) is 11.6. The molecule has 106 valence electrons. The number of nitrogens with one attached hydrogen (secondary N) is 1. The van der Waals surface area contributed by atoms with Gasteiger partial charge < -0.3 is 15.8 Å². The molecule has 0 fully saturated rings. The van der Waals surface area contributed by atoms with Crippen molar-refractivity contribution >= 4 is 11.6 Å². The molecule has 0 radical (unpaired) electrons. The van der Waals surface area contributed by atoms with Crippen LogP contribution in [0.2, 0.25) is 0 Å². The Morgan fingerprint density at radius 1 is 1.50 bits per heavy atom. The Hall–Kier alpha value is -2.57. The Kier molecular flexibility index (Phi) is 4.54. The van der Waals surface area contributed by atoms with Gasteiger partial charge in [-0.05, 0) is 19.1 Å². The SMILES string of the molecule is CCn1ncnc1CN=C(N)Nc1cccc(OC)c1. The van der Waals surface area contributed by atoms with Gasteiger partial charge >= 0.3 is 0 Å². The third kappa shape index (κ3) is 3.47. The van der Waals surface area contributed by atoms with Gasteiger partial charge in [-0.3, -0.25) is 0 Å². The second kappa shape index (κ2) is 6.55. The molecule has 20 heavy (non-hydrogen) atoms. The lowest BCUT2D eigenvalue weighted by atomic mass is 10.3. The fraction of sp³-hybridized carbons (Fsp3) is 0.308. The zero-order valence-electron chi connectivity index (χ0n) is 11.6. The molecule has 7 heteroatoms. The first-order chi connectivity index (χ1) is 9.72. The summed E-state index contributed by atoms with van der Waals surface area (Å²) < 4.78 is 6.92. The standard InChI is InChI=1S/C13H18N6O/c1-3-19-12(16-9-17-19)8-15-13(14)18-10-5-4-6-11(7-10)20-2/h4-7,9H,3,8H2,1-2H3,(H3,14,15,18). The van der Waals surface area contributed by atoms with E-state index in [1.165, 1.54) is 6.33 Å². The molecule has 3 N–H and O–H groups in total. The smallest absolute Gasteiger partial charge is 0.193 e. The molecule has 1 aromatic heterocycles. The van der Waals surface area contributed by atoms with Gasteiger partial charge in [0.25, 0.3) is 0 Å². The third-order valence-corrected chi connectivity index (χ3v) is 2.73. The van der Waals surface area contributed by atoms with Crippen molar-refractivity contribution in [3.63, 3.8) is 0 Å². The molecule has 2 aromatic rings. The summed E-state index contributed by atoms with van der Waals surface area (Å²) in [5.74, 6) is 1.86. The van der Waals surface area contributed by atoms with Gasteiger partial charge in [0.2, 0.25) is 0 Å². The minimum absolute atomic E-state index is 0.323. The number of benzene rings is 1. The highest BCUT2D eigenvalue weighted by atomic mass is 16.5. The van der Waals surface area contributed by atoms with Crippen molar-refractivity contribution in [1.82, 2.24) is 14.8 Å². The molecule has 0 unspecified atom stereocenters. The van der Waals surface area contributed by atoms with Crippen molar-refractivity contribution in [2.45, 2.75) is 20.0 Å². The summed E-state index contributed by atoms with van der Waals surface area (Å²) in [7, 11) is 1.62. The molecule has 2 rings (SSSR count). The lowest BCUT2D eigenvalue weighted by molar-refractivity contribution is 0.415. The maximum Gasteiger partial charge on any atom is 0.193 e. The molecule has 0 spiro atoms. The summed E-state index contributed by atoms with van der Waals surface area (Å²) in [5, 5.41) is 7.08. The first-order valence-corrected chi connectivity index (χ1v) is 6.30. The quantitative estimate of drug-likeness (QED) is 0.632. The summed E-state index contributed by atoms with van der Waals surface area (Å²) in [6.07, 6.45) is 1.51. The molecule has 0 aliphatic rings. The van der Waals surface area contributed by atoms with Crippen LogP contribution in [0.1, 0.15) is 12.7 Å². The van der Waals surface area contributed by atoms with Crippen molar-refractivity contribution in [2.24, 2.45) is 10.7 Å². The highest BCUT2D eigenvalue weighted by molar-refractivity contribution is 5.92. The van der Waals surface area contributed by atoms with Gasteiger partial charge in [0.15, 0.2) is 5.96 Å². The van der Waals surface area contributed by atoms with Crippen LogP contribution in [0.3, 0.4) is 0 Å². The summed E-state index contributed by atoms with van der Waals surface area (Å²) in [5.41, 5.74) is 6.67. The van der Waals surface area contributed by atoms with Gasteiger partial charge in [0.1, 0.15) is 24.4 Å². The number of guanidine groups is 1. The van der Waals surface area contributed by atoms with Crippen molar-refractivity contribution in [3.05, 3.63) is 36.4 Å². The van der Waals surface area contributed by atoms with Gasteiger partial charge in [0, 0.05) is 18.3 Å². The van der Waals surface area contributed by atoms with Crippen LogP contribution in [-0.4, -0.2) is 27.8 Å². The Bertz CT molecular complexity index is 592. The first kappa shape index (κ1) is 13.9. The number of ether oxygens (including phenoxy) is 1. The molecule has 0 amide bonds. The molecule has 1 aromatic carbocycles. The number of aromatic nitrogens is 3. The van der Waals surface area contributed by atoms with Crippen LogP contribution in [0.15, 0.2) is 35.6 Å². The summed E-state index contributed by atoms with van der Waals surface area (Å²) in [4.78, 5) is 8.38. The number of aryl methyl sites for hydroxylation is 1. The zero-order chi connectivity index (χ0) is 14.4. The van der Waals surface area contributed by atoms with E-state index >= 15 is 0 Å². The average Bonchev–Trinajstić information content (AvgIpc) is 2.93. The number of anilines is 1. The Labute approximate surface area is 117 Å². The van der Waals surface area contributed by atoms with E-state index in [4.69, 9.17) is 10.5 Å². The van der Waals surface area contributed by atoms with Crippen LogP contribution in [0.4, 0.5) is 5.69 Å². The molecule has 7 nitrogen and oxygen atoms in total. The highest BCUT2D eigenvalue weighted by Gasteiger charge is 2.02. The monoisotopic (exact) mass is 274 g/mol. The number of aliphatic imine (C=N–C) groups is 1. The molecule has 1 heterocycles. The van der Waals surface area contributed by atoms with E-state index in [-0.39, 0.29) is 0 Å². The van der Waals surface area contributed by atoms with E-state index in [1.807, 2.05) is 31.2 Å². The fourth-order valence-corrected chi connectivity index (χ4v) is 1.72. The van der Waals surface area contributed by atoms with Crippen molar-refractivity contribution in [2.75, 3.05) is 12.4 Å². The second-order valence-electron chi connectivity index (χ2n) is 4.05. The van der Waals surface area contributed by atoms with Gasteiger partial charge in [-0.15, -0.1) is 0 Å². The largest absolute Gasteiger partial charge is 0.497 e. The first-order valence-electron chi connectivity index (χ1n) is 6.30. The predicted octanol–water partition coefficient (Wildman–Crippen LogP) is 1.23. The minimum atomic E-state index is 0.323. The van der Waals surface area contributed by atoms with Gasteiger partial charge in [-0.1, -0.05) is 6.07 Å². The second-order valence-corrected chi connectivity index (χ2v) is 4.05. The van der Waals surface area contributed by atoms with E-state index < -0.39 is 0 Å². The molecule has 0 aliphatic heterocycles. The number of rotatable bonds is 5. The van der Waals surface area contributed by atoms with Crippen LogP contribution < -0.4 is 15.8 Å². The highest BCUT2D eigenvalue weighted by Crippen LogP contribution is 2.16. The van der Waals surface area contributed by atoms with E-state index in [0.717, 1.165) is 23.8 Å². The van der Waals surface area contributed by atoms with Crippen molar-refractivity contribution in [3.8, 4) is 5.75 Å². The number of hydrogen-bond donors (Lipinski definition) is 2. The van der Waals surface area contributed by atoms with Gasteiger partial charge in [-0.2, -0.15) is 5.10 Å². The Balaban J connectivity index is 2.00. The maximum absolute atomic E-state index is 5.85.